The molecule has 1 rings (SSSR count). The van der Waals surface area contributed by atoms with Crippen LogP contribution in [0, 0.1) is 0 Å². The summed E-state index contributed by atoms with van der Waals surface area (Å²) in [5, 5.41) is 17.4. The summed E-state index contributed by atoms with van der Waals surface area (Å²) >= 11 is 0. The van der Waals surface area contributed by atoms with Crippen molar-refractivity contribution < 1.29 is 14.7 Å². The first-order chi connectivity index (χ1) is 8.13. The number of hydrogen-bond acceptors (Lipinski definition) is 5. The Bertz CT molecular complexity index is 317. The topological polar surface area (TPSA) is 116 Å². The first-order valence-corrected chi connectivity index (χ1v) is 5.52. The summed E-state index contributed by atoms with van der Waals surface area (Å²) in [5.74, 6) is -1.32. The molecule has 1 atom stereocenters. The third kappa shape index (κ3) is 4.73. The molecule has 0 spiro atoms. The summed E-state index contributed by atoms with van der Waals surface area (Å²) < 4.78 is 0. The van der Waals surface area contributed by atoms with Crippen LogP contribution >= 0.6 is 0 Å². The molecular weight excluding hydrogens is 224 g/mol. The molecule has 0 fully saturated rings. The Hall–Kier alpha value is -1.76. The van der Waals surface area contributed by atoms with Gasteiger partial charge in [-0.25, -0.2) is 4.79 Å². The summed E-state index contributed by atoms with van der Waals surface area (Å²) in [7, 11) is 0. The number of carbonyl (C=O) groups is 2. The largest absolute Gasteiger partial charge is 0.480 e. The summed E-state index contributed by atoms with van der Waals surface area (Å²) in [6.45, 7) is 1.00. The fraction of sp³-hybridized carbons (Fsp3) is 0.600. The molecule has 1 heterocycles. The molecule has 0 aliphatic carbocycles. The molecule has 1 amide bonds. The van der Waals surface area contributed by atoms with Gasteiger partial charge in [0.25, 0.3) is 0 Å². The van der Waals surface area contributed by atoms with Gasteiger partial charge >= 0.3 is 5.97 Å². The molecular formula is C10H18N4O3. The standard InChI is InChI=1S/C10H18N4O3/c11-3-1-2-9(15)14-8(10(16)17)4-7-5-12-6-13-7/h5,8,12-13H,1-4,6,11H2,(H,14,15)(H,16,17)/t8-/m0/s1. The molecule has 0 aromatic carbocycles. The van der Waals surface area contributed by atoms with Gasteiger partial charge in [-0.2, -0.15) is 0 Å². The average Bonchev–Trinajstić information content (AvgIpc) is 2.78. The van der Waals surface area contributed by atoms with Crippen LogP contribution in [-0.4, -0.2) is 36.2 Å². The second-order valence-corrected chi connectivity index (χ2v) is 3.78. The molecule has 0 aromatic heterocycles. The van der Waals surface area contributed by atoms with Crippen LogP contribution in [0.5, 0.6) is 0 Å². The highest BCUT2D eigenvalue weighted by Gasteiger charge is 2.21. The molecule has 7 nitrogen and oxygen atoms in total. The van der Waals surface area contributed by atoms with E-state index in [1.165, 1.54) is 0 Å². The van der Waals surface area contributed by atoms with Crippen molar-refractivity contribution in [3.8, 4) is 0 Å². The minimum Gasteiger partial charge on any atom is -0.480 e. The van der Waals surface area contributed by atoms with E-state index in [2.05, 4.69) is 16.0 Å². The lowest BCUT2D eigenvalue weighted by Crippen LogP contribution is -2.41. The van der Waals surface area contributed by atoms with Crippen LogP contribution in [0.1, 0.15) is 19.3 Å². The molecule has 0 radical (unpaired) electrons. The fourth-order valence-corrected chi connectivity index (χ4v) is 1.47. The number of carbonyl (C=O) groups excluding carboxylic acids is 1. The second kappa shape index (κ2) is 6.74. The maximum atomic E-state index is 11.4. The SMILES string of the molecule is NCCCC(=O)N[C@@H](CC1=CNCN1)C(=O)O. The lowest BCUT2D eigenvalue weighted by atomic mass is 10.1. The highest BCUT2D eigenvalue weighted by molar-refractivity contribution is 5.83. The zero-order valence-corrected chi connectivity index (χ0v) is 9.53. The molecule has 0 bridgehead atoms. The van der Waals surface area contributed by atoms with Crippen LogP contribution in [-0.2, 0) is 9.59 Å². The molecule has 6 N–H and O–H groups in total. The molecule has 17 heavy (non-hydrogen) atoms. The van der Waals surface area contributed by atoms with E-state index in [4.69, 9.17) is 10.8 Å². The number of nitrogens with one attached hydrogen (secondary N) is 3. The molecule has 1 aliphatic heterocycles. The van der Waals surface area contributed by atoms with Crippen molar-refractivity contribution in [2.75, 3.05) is 13.2 Å². The van der Waals surface area contributed by atoms with E-state index >= 15 is 0 Å². The van der Waals surface area contributed by atoms with Crippen molar-refractivity contribution in [1.82, 2.24) is 16.0 Å². The van der Waals surface area contributed by atoms with E-state index in [0.29, 0.717) is 19.6 Å². The molecule has 1 aliphatic rings. The first-order valence-electron chi connectivity index (χ1n) is 5.52. The summed E-state index contributed by atoms with van der Waals surface area (Å²) in [5.41, 5.74) is 6.05. The van der Waals surface area contributed by atoms with Gasteiger partial charge in [0.05, 0.1) is 6.67 Å². The Morgan fingerprint density at radius 1 is 1.59 bits per heavy atom. The minimum atomic E-state index is -1.04. The maximum absolute atomic E-state index is 11.4. The van der Waals surface area contributed by atoms with Gasteiger partial charge in [0.2, 0.25) is 5.91 Å². The van der Waals surface area contributed by atoms with Gasteiger partial charge in [-0.3, -0.25) is 4.79 Å². The monoisotopic (exact) mass is 242 g/mol. The van der Waals surface area contributed by atoms with Gasteiger partial charge in [-0.15, -0.1) is 0 Å². The summed E-state index contributed by atoms with van der Waals surface area (Å²) in [6.07, 6.45) is 2.77. The Morgan fingerprint density at radius 2 is 2.35 bits per heavy atom. The van der Waals surface area contributed by atoms with Gasteiger partial charge in [0, 0.05) is 24.7 Å². The molecule has 0 aromatic rings. The Kier molecular flexibility index (Phi) is 5.28. The van der Waals surface area contributed by atoms with Crippen molar-refractivity contribution in [3.63, 3.8) is 0 Å². The van der Waals surface area contributed by atoms with E-state index in [-0.39, 0.29) is 18.7 Å². The Labute approximate surface area is 99.4 Å². The molecule has 7 heteroatoms. The van der Waals surface area contributed by atoms with E-state index in [1.54, 1.807) is 6.20 Å². The van der Waals surface area contributed by atoms with Gasteiger partial charge in [-0.1, -0.05) is 0 Å². The minimum absolute atomic E-state index is 0.247. The van der Waals surface area contributed by atoms with Crippen molar-refractivity contribution >= 4 is 11.9 Å². The lowest BCUT2D eigenvalue weighted by Gasteiger charge is -2.15. The highest BCUT2D eigenvalue weighted by atomic mass is 16.4. The van der Waals surface area contributed by atoms with Crippen LogP contribution < -0.4 is 21.7 Å². The van der Waals surface area contributed by atoms with Gasteiger partial charge < -0.3 is 26.8 Å². The van der Waals surface area contributed by atoms with Crippen LogP contribution in [0.2, 0.25) is 0 Å². The maximum Gasteiger partial charge on any atom is 0.326 e. The fourth-order valence-electron chi connectivity index (χ4n) is 1.47. The third-order valence-electron chi connectivity index (χ3n) is 2.36. The zero-order valence-electron chi connectivity index (χ0n) is 9.53. The quantitative estimate of drug-likeness (QED) is 0.378. The second-order valence-electron chi connectivity index (χ2n) is 3.78. The molecule has 0 unspecified atom stereocenters. The third-order valence-corrected chi connectivity index (χ3v) is 2.36. The van der Waals surface area contributed by atoms with E-state index < -0.39 is 12.0 Å². The Balaban J connectivity index is 2.42. The van der Waals surface area contributed by atoms with Crippen molar-refractivity contribution in [3.05, 3.63) is 11.9 Å². The summed E-state index contributed by atoms with van der Waals surface area (Å²) in [6, 6.07) is -0.904. The molecule has 96 valence electrons. The number of rotatable bonds is 7. The summed E-state index contributed by atoms with van der Waals surface area (Å²) in [4.78, 5) is 22.4. The number of carboxylic acid groups (broad SMARTS) is 1. The first kappa shape index (κ1) is 13.3. The zero-order chi connectivity index (χ0) is 12.7. The van der Waals surface area contributed by atoms with E-state index in [9.17, 15) is 9.59 Å². The van der Waals surface area contributed by atoms with Crippen LogP contribution in [0.3, 0.4) is 0 Å². The van der Waals surface area contributed by atoms with E-state index in [1.807, 2.05) is 0 Å². The van der Waals surface area contributed by atoms with Crippen molar-refractivity contribution in [1.29, 1.82) is 0 Å². The van der Waals surface area contributed by atoms with Crippen molar-refractivity contribution in [2.45, 2.75) is 25.3 Å². The van der Waals surface area contributed by atoms with Crippen LogP contribution in [0.15, 0.2) is 11.9 Å². The van der Waals surface area contributed by atoms with Crippen molar-refractivity contribution in [2.24, 2.45) is 5.73 Å². The predicted molar refractivity (Wildman–Crippen MR) is 61.7 cm³/mol. The van der Waals surface area contributed by atoms with E-state index in [0.717, 1.165) is 5.70 Å². The number of aliphatic carboxylic acids is 1. The van der Waals surface area contributed by atoms with Gasteiger partial charge in [0.1, 0.15) is 6.04 Å². The number of carboxylic acids is 1. The van der Waals surface area contributed by atoms with Gasteiger partial charge in [0.15, 0.2) is 0 Å². The lowest BCUT2D eigenvalue weighted by molar-refractivity contribution is -0.141. The smallest absolute Gasteiger partial charge is 0.326 e. The number of hydrogen-bond donors (Lipinski definition) is 5. The highest BCUT2D eigenvalue weighted by Crippen LogP contribution is 2.05. The molecule has 0 saturated heterocycles. The average molecular weight is 242 g/mol. The number of amides is 1. The normalized spacial score (nSPS) is 15.5. The number of nitrogens with two attached hydrogens (primary N) is 1. The van der Waals surface area contributed by atoms with Crippen LogP contribution in [0.4, 0.5) is 0 Å². The van der Waals surface area contributed by atoms with Gasteiger partial charge in [-0.05, 0) is 13.0 Å². The Morgan fingerprint density at radius 3 is 2.88 bits per heavy atom. The van der Waals surface area contributed by atoms with Crippen LogP contribution in [0.25, 0.3) is 0 Å². The molecule has 0 saturated carbocycles. The predicted octanol–water partition coefficient (Wildman–Crippen LogP) is -1.32.